The summed E-state index contributed by atoms with van der Waals surface area (Å²) in [4.78, 5) is 36.9. The molecule has 3 aliphatic heterocycles. The number of nitrogens with zero attached hydrogens (tertiary/aromatic N) is 3. The number of rotatable bonds is 1. The number of nitroso groups, excluding NO2 is 1. The van der Waals surface area contributed by atoms with Crippen molar-refractivity contribution in [3.63, 3.8) is 0 Å². The Labute approximate surface area is 103 Å². The van der Waals surface area contributed by atoms with Gasteiger partial charge in [0.1, 0.15) is 0 Å². The van der Waals surface area contributed by atoms with Gasteiger partial charge in [0.25, 0.3) is 5.91 Å². The van der Waals surface area contributed by atoms with Gasteiger partial charge in [-0.05, 0) is 6.42 Å². The van der Waals surface area contributed by atoms with Gasteiger partial charge in [0.05, 0.1) is 6.61 Å². The molecule has 0 aromatic rings. The van der Waals surface area contributed by atoms with E-state index in [1.54, 1.807) is 6.08 Å². The van der Waals surface area contributed by atoms with Crippen LogP contribution in [0.15, 0.2) is 28.7 Å². The van der Waals surface area contributed by atoms with E-state index in [-0.39, 0.29) is 11.5 Å². The third-order valence-corrected chi connectivity index (χ3v) is 3.31. The largest absolute Gasteiger partial charge is 0.352 e. The minimum absolute atomic E-state index is 0.221. The minimum atomic E-state index is -0.826. The van der Waals surface area contributed by atoms with Crippen molar-refractivity contribution in [2.24, 2.45) is 5.18 Å². The van der Waals surface area contributed by atoms with Gasteiger partial charge in [0.2, 0.25) is 0 Å². The van der Waals surface area contributed by atoms with Crippen LogP contribution in [-0.4, -0.2) is 47.5 Å². The average Bonchev–Trinajstić information content (AvgIpc) is 2.86. The molecule has 2 fully saturated rings. The molecular weight excluding hydrogens is 238 g/mol. The second kappa shape index (κ2) is 4.11. The summed E-state index contributed by atoms with van der Waals surface area (Å²) in [5, 5.41) is 2.38. The zero-order valence-electron chi connectivity index (χ0n) is 9.54. The standard InChI is InChI=1S/C11H11N3O4/c15-9(12-17)7-1-2-8-6-13-3-4-18-11(13)10(16)14(8)5-7/h2,5,11H,1,3-4,6H2. The predicted molar refractivity (Wildman–Crippen MR) is 59.7 cm³/mol. The molecule has 0 radical (unpaired) electrons. The maximum atomic E-state index is 12.2. The summed E-state index contributed by atoms with van der Waals surface area (Å²) in [7, 11) is 0. The number of hydrogen-bond donors (Lipinski definition) is 0. The first-order valence-corrected chi connectivity index (χ1v) is 5.67. The van der Waals surface area contributed by atoms with Crippen LogP contribution in [0.5, 0.6) is 0 Å². The highest BCUT2D eigenvalue weighted by molar-refractivity contribution is 5.96. The Kier molecular flexibility index (Phi) is 2.57. The monoisotopic (exact) mass is 249 g/mol. The van der Waals surface area contributed by atoms with Gasteiger partial charge in [-0.3, -0.25) is 19.4 Å². The molecule has 0 spiro atoms. The third-order valence-electron chi connectivity index (χ3n) is 3.31. The van der Waals surface area contributed by atoms with Crippen molar-refractivity contribution in [2.75, 3.05) is 19.7 Å². The molecule has 0 N–H and O–H groups in total. The summed E-state index contributed by atoms with van der Waals surface area (Å²) < 4.78 is 5.35. The van der Waals surface area contributed by atoms with Crippen molar-refractivity contribution in [1.82, 2.24) is 9.80 Å². The highest BCUT2D eigenvalue weighted by Gasteiger charge is 2.41. The number of carbonyl (C=O) groups excluding carboxylic acids is 2. The van der Waals surface area contributed by atoms with Gasteiger partial charge in [-0.25, -0.2) is 0 Å². The van der Waals surface area contributed by atoms with E-state index < -0.39 is 12.1 Å². The normalized spacial score (nSPS) is 27.2. The molecule has 3 heterocycles. The van der Waals surface area contributed by atoms with Gasteiger partial charge < -0.3 is 4.74 Å². The summed E-state index contributed by atoms with van der Waals surface area (Å²) in [6.07, 6.45) is 2.95. The topological polar surface area (TPSA) is 79.3 Å². The Morgan fingerprint density at radius 2 is 2.33 bits per heavy atom. The second-order valence-corrected chi connectivity index (χ2v) is 4.35. The molecule has 0 aliphatic carbocycles. The Balaban J connectivity index is 1.90. The van der Waals surface area contributed by atoms with Gasteiger partial charge in [0, 0.05) is 35.7 Å². The van der Waals surface area contributed by atoms with Crippen LogP contribution in [0.25, 0.3) is 0 Å². The van der Waals surface area contributed by atoms with E-state index in [1.165, 1.54) is 11.1 Å². The summed E-state index contributed by atoms with van der Waals surface area (Å²) >= 11 is 0. The van der Waals surface area contributed by atoms with Crippen LogP contribution in [0, 0.1) is 4.91 Å². The smallest absolute Gasteiger partial charge is 0.314 e. The van der Waals surface area contributed by atoms with Crippen molar-refractivity contribution in [3.05, 3.63) is 28.5 Å². The first kappa shape index (κ1) is 11.2. The summed E-state index contributed by atoms with van der Waals surface area (Å²) in [5.41, 5.74) is 1.05. The van der Waals surface area contributed by atoms with E-state index in [0.717, 1.165) is 12.2 Å². The van der Waals surface area contributed by atoms with Crippen LogP contribution < -0.4 is 0 Å². The number of allylic oxidation sites excluding steroid dienone is 1. The molecule has 3 rings (SSSR count). The second-order valence-electron chi connectivity index (χ2n) is 4.35. The molecule has 0 bridgehead atoms. The molecule has 0 aromatic carbocycles. The van der Waals surface area contributed by atoms with E-state index in [4.69, 9.17) is 4.74 Å². The molecular formula is C11H11N3O4. The maximum Gasteiger partial charge on any atom is 0.314 e. The fourth-order valence-electron chi connectivity index (χ4n) is 2.39. The molecule has 3 aliphatic rings. The molecule has 1 unspecified atom stereocenters. The van der Waals surface area contributed by atoms with Gasteiger partial charge in [-0.2, -0.15) is 0 Å². The lowest BCUT2D eigenvalue weighted by Crippen LogP contribution is -2.52. The Bertz CT molecular complexity index is 497. The molecule has 0 saturated carbocycles. The number of piperazine rings is 1. The first-order valence-electron chi connectivity index (χ1n) is 5.67. The third kappa shape index (κ3) is 1.59. The van der Waals surface area contributed by atoms with Crippen LogP contribution in [-0.2, 0) is 14.3 Å². The van der Waals surface area contributed by atoms with E-state index in [9.17, 15) is 14.5 Å². The molecule has 18 heavy (non-hydrogen) atoms. The zero-order chi connectivity index (χ0) is 12.7. The van der Waals surface area contributed by atoms with Gasteiger partial charge in [0.15, 0.2) is 6.23 Å². The van der Waals surface area contributed by atoms with Crippen molar-refractivity contribution in [1.29, 1.82) is 0 Å². The van der Waals surface area contributed by atoms with E-state index in [2.05, 4.69) is 5.18 Å². The lowest BCUT2D eigenvalue weighted by atomic mass is 10.1. The van der Waals surface area contributed by atoms with Crippen molar-refractivity contribution >= 4 is 11.8 Å². The van der Waals surface area contributed by atoms with Crippen LogP contribution in [0.4, 0.5) is 0 Å². The van der Waals surface area contributed by atoms with Gasteiger partial charge in [-0.15, -0.1) is 4.91 Å². The predicted octanol–water partition coefficient (Wildman–Crippen LogP) is -0.0486. The van der Waals surface area contributed by atoms with Crippen LogP contribution in [0.3, 0.4) is 0 Å². The van der Waals surface area contributed by atoms with Crippen molar-refractivity contribution in [3.8, 4) is 0 Å². The van der Waals surface area contributed by atoms with E-state index in [0.29, 0.717) is 19.6 Å². The van der Waals surface area contributed by atoms with Crippen molar-refractivity contribution in [2.45, 2.75) is 12.6 Å². The Hall–Kier alpha value is -1.86. The van der Waals surface area contributed by atoms with Crippen LogP contribution in [0.2, 0.25) is 0 Å². The summed E-state index contributed by atoms with van der Waals surface area (Å²) in [6.45, 7) is 1.87. The first-order chi connectivity index (χ1) is 8.70. The summed E-state index contributed by atoms with van der Waals surface area (Å²) in [6, 6.07) is 0. The van der Waals surface area contributed by atoms with E-state index in [1.807, 2.05) is 4.90 Å². The molecule has 94 valence electrons. The number of fused-ring (bicyclic) bond motifs is 2. The highest BCUT2D eigenvalue weighted by Crippen LogP contribution is 2.28. The fraction of sp³-hybridized carbons (Fsp3) is 0.455. The number of carbonyl (C=O) groups is 2. The Morgan fingerprint density at radius 1 is 1.50 bits per heavy atom. The fourth-order valence-corrected chi connectivity index (χ4v) is 2.39. The highest BCUT2D eigenvalue weighted by atomic mass is 16.5. The zero-order valence-corrected chi connectivity index (χ0v) is 9.54. The van der Waals surface area contributed by atoms with Crippen molar-refractivity contribution < 1.29 is 14.3 Å². The lowest BCUT2D eigenvalue weighted by Gasteiger charge is -2.37. The molecule has 1 atom stereocenters. The number of ether oxygens (including phenoxy) is 1. The maximum absolute atomic E-state index is 12.2. The van der Waals surface area contributed by atoms with E-state index >= 15 is 0 Å². The lowest BCUT2D eigenvalue weighted by molar-refractivity contribution is -0.147. The van der Waals surface area contributed by atoms with Gasteiger partial charge in [-0.1, -0.05) is 6.08 Å². The van der Waals surface area contributed by atoms with Crippen LogP contribution in [0.1, 0.15) is 6.42 Å². The summed E-state index contributed by atoms with van der Waals surface area (Å²) in [5.74, 6) is -1.05. The SMILES string of the molecule is O=NC(=O)C1=CN2C(=O)C3OCCN3CC2=CC1. The quantitative estimate of drug-likeness (QED) is 0.609. The minimum Gasteiger partial charge on any atom is -0.352 e. The number of hydrogen-bond acceptors (Lipinski definition) is 5. The molecule has 2 amide bonds. The van der Waals surface area contributed by atoms with Gasteiger partial charge >= 0.3 is 5.91 Å². The average molecular weight is 249 g/mol. The number of amides is 2. The Morgan fingerprint density at radius 3 is 3.11 bits per heavy atom. The molecule has 2 saturated heterocycles. The molecule has 7 nitrogen and oxygen atoms in total. The van der Waals surface area contributed by atoms with Crippen LogP contribution >= 0.6 is 0 Å². The molecule has 7 heteroatoms. The molecule has 0 aromatic heterocycles.